The number of anilines is 1. The molecule has 23 heavy (non-hydrogen) atoms. The quantitative estimate of drug-likeness (QED) is 0.844. The van der Waals surface area contributed by atoms with Crippen LogP contribution in [0, 0.1) is 11.3 Å². The summed E-state index contributed by atoms with van der Waals surface area (Å²) in [5, 5.41) is 1.05. The Morgan fingerprint density at radius 1 is 1.35 bits per heavy atom. The maximum atomic E-state index is 12.3. The van der Waals surface area contributed by atoms with E-state index >= 15 is 0 Å². The number of piperidine rings is 1. The standard InChI is InChI=1S/C17H30N4OS/c1-12(2)14-18-16(23-19-14)21-9-7-13(8-10-21)11-20(6)15(22)17(3,4)5/h12-13H,7-11H2,1-6H3. The maximum absolute atomic E-state index is 12.3. The van der Waals surface area contributed by atoms with Crippen molar-refractivity contribution in [1.29, 1.82) is 0 Å². The summed E-state index contributed by atoms with van der Waals surface area (Å²) in [5.41, 5.74) is -0.296. The highest BCUT2D eigenvalue weighted by atomic mass is 32.1. The van der Waals surface area contributed by atoms with E-state index in [0.29, 0.717) is 11.8 Å². The van der Waals surface area contributed by atoms with Crippen molar-refractivity contribution < 1.29 is 4.79 Å². The normalized spacial score (nSPS) is 16.9. The molecule has 1 fully saturated rings. The highest BCUT2D eigenvalue weighted by Gasteiger charge is 2.28. The third-order valence-electron chi connectivity index (χ3n) is 4.35. The maximum Gasteiger partial charge on any atom is 0.227 e. The average molecular weight is 339 g/mol. The van der Waals surface area contributed by atoms with Crippen LogP contribution in [-0.2, 0) is 4.79 Å². The van der Waals surface area contributed by atoms with E-state index in [0.717, 1.165) is 43.4 Å². The molecule has 130 valence electrons. The SMILES string of the molecule is CC(C)c1nsc(N2CCC(CN(C)C(=O)C(C)(C)C)CC2)n1. The summed E-state index contributed by atoms with van der Waals surface area (Å²) in [6, 6.07) is 0. The molecule has 5 nitrogen and oxygen atoms in total. The lowest BCUT2D eigenvalue weighted by molar-refractivity contribution is -0.138. The second-order valence-electron chi connectivity index (χ2n) is 7.96. The second kappa shape index (κ2) is 7.16. The van der Waals surface area contributed by atoms with Gasteiger partial charge in [0, 0.05) is 49.5 Å². The molecule has 1 aromatic heterocycles. The summed E-state index contributed by atoms with van der Waals surface area (Å²) in [4.78, 5) is 21.2. The molecule has 1 amide bonds. The van der Waals surface area contributed by atoms with Gasteiger partial charge in [-0.3, -0.25) is 4.79 Å². The number of amides is 1. The van der Waals surface area contributed by atoms with Crippen LogP contribution in [0.5, 0.6) is 0 Å². The molecule has 1 saturated heterocycles. The molecule has 1 aliphatic rings. The number of carbonyl (C=O) groups is 1. The fraction of sp³-hybridized carbons (Fsp3) is 0.824. The van der Waals surface area contributed by atoms with Gasteiger partial charge in [0.1, 0.15) is 5.82 Å². The first-order valence-electron chi connectivity index (χ1n) is 8.52. The van der Waals surface area contributed by atoms with Gasteiger partial charge >= 0.3 is 0 Å². The lowest BCUT2D eigenvalue weighted by atomic mass is 9.92. The summed E-state index contributed by atoms with van der Waals surface area (Å²) in [7, 11) is 1.93. The van der Waals surface area contributed by atoms with Crippen molar-refractivity contribution >= 4 is 22.6 Å². The molecule has 0 N–H and O–H groups in total. The number of hydrogen-bond acceptors (Lipinski definition) is 5. The van der Waals surface area contributed by atoms with Crippen molar-refractivity contribution in [2.75, 3.05) is 31.6 Å². The first kappa shape index (κ1) is 18.2. The summed E-state index contributed by atoms with van der Waals surface area (Å²) in [6.07, 6.45) is 2.22. The monoisotopic (exact) mass is 338 g/mol. The Kier molecular flexibility index (Phi) is 5.65. The van der Waals surface area contributed by atoms with Gasteiger partial charge in [-0.25, -0.2) is 4.98 Å². The van der Waals surface area contributed by atoms with Crippen molar-refractivity contribution in [1.82, 2.24) is 14.3 Å². The third kappa shape index (κ3) is 4.66. The zero-order valence-electron chi connectivity index (χ0n) is 15.3. The van der Waals surface area contributed by atoms with Gasteiger partial charge in [-0.15, -0.1) is 0 Å². The Hall–Kier alpha value is -1.17. The number of nitrogens with zero attached hydrogens (tertiary/aromatic N) is 4. The summed E-state index contributed by atoms with van der Waals surface area (Å²) in [5.74, 6) is 2.14. The van der Waals surface area contributed by atoms with Crippen LogP contribution in [0.2, 0.25) is 0 Å². The van der Waals surface area contributed by atoms with E-state index in [4.69, 9.17) is 0 Å². The topological polar surface area (TPSA) is 49.3 Å². The minimum atomic E-state index is -0.296. The van der Waals surface area contributed by atoms with E-state index in [-0.39, 0.29) is 11.3 Å². The first-order chi connectivity index (χ1) is 10.7. The van der Waals surface area contributed by atoms with E-state index in [9.17, 15) is 4.79 Å². The predicted octanol–water partition coefficient (Wildman–Crippen LogP) is 3.38. The van der Waals surface area contributed by atoms with Gasteiger partial charge in [-0.1, -0.05) is 34.6 Å². The van der Waals surface area contributed by atoms with Gasteiger partial charge in [0.15, 0.2) is 0 Å². The van der Waals surface area contributed by atoms with Crippen LogP contribution in [0.15, 0.2) is 0 Å². The Balaban J connectivity index is 1.85. The molecular formula is C17H30N4OS. The van der Waals surface area contributed by atoms with Gasteiger partial charge in [-0.05, 0) is 18.8 Å². The zero-order valence-corrected chi connectivity index (χ0v) is 16.1. The number of rotatable bonds is 4. The van der Waals surface area contributed by atoms with Crippen molar-refractivity contribution in [3.63, 3.8) is 0 Å². The second-order valence-corrected chi connectivity index (χ2v) is 8.69. The smallest absolute Gasteiger partial charge is 0.227 e. The van der Waals surface area contributed by atoms with Crippen LogP contribution >= 0.6 is 11.5 Å². The van der Waals surface area contributed by atoms with Crippen molar-refractivity contribution in [3.8, 4) is 0 Å². The fourth-order valence-electron chi connectivity index (χ4n) is 2.94. The van der Waals surface area contributed by atoms with Gasteiger partial charge < -0.3 is 9.80 Å². The zero-order chi connectivity index (χ0) is 17.2. The minimum absolute atomic E-state index is 0.227. The summed E-state index contributed by atoms with van der Waals surface area (Å²) < 4.78 is 4.44. The Morgan fingerprint density at radius 2 is 1.96 bits per heavy atom. The molecule has 2 heterocycles. The fourth-order valence-corrected chi connectivity index (χ4v) is 3.80. The molecule has 0 spiro atoms. The third-order valence-corrected chi connectivity index (χ3v) is 5.14. The molecular weight excluding hydrogens is 308 g/mol. The highest BCUT2D eigenvalue weighted by molar-refractivity contribution is 7.09. The summed E-state index contributed by atoms with van der Waals surface area (Å²) >= 11 is 1.51. The Labute approximate surface area is 144 Å². The van der Waals surface area contributed by atoms with Crippen molar-refractivity contribution in [2.24, 2.45) is 11.3 Å². The molecule has 2 rings (SSSR count). The molecule has 1 aliphatic heterocycles. The molecule has 0 radical (unpaired) electrons. The van der Waals surface area contributed by atoms with E-state index in [2.05, 4.69) is 28.1 Å². The number of carbonyl (C=O) groups excluding carboxylic acids is 1. The molecule has 0 unspecified atom stereocenters. The lowest BCUT2D eigenvalue weighted by Gasteiger charge is -2.35. The van der Waals surface area contributed by atoms with E-state index in [1.165, 1.54) is 11.5 Å². The molecule has 0 aromatic carbocycles. The van der Waals surface area contributed by atoms with Crippen molar-refractivity contribution in [3.05, 3.63) is 5.82 Å². The van der Waals surface area contributed by atoms with Gasteiger partial charge in [-0.2, -0.15) is 4.37 Å². The molecule has 0 saturated carbocycles. The lowest BCUT2D eigenvalue weighted by Crippen LogP contribution is -2.42. The molecule has 0 aliphatic carbocycles. The number of aromatic nitrogens is 2. The van der Waals surface area contributed by atoms with E-state index < -0.39 is 0 Å². The first-order valence-corrected chi connectivity index (χ1v) is 9.30. The van der Waals surface area contributed by atoms with Crippen LogP contribution < -0.4 is 4.90 Å². The predicted molar refractivity (Wildman–Crippen MR) is 96.0 cm³/mol. The number of hydrogen-bond donors (Lipinski definition) is 0. The van der Waals surface area contributed by atoms with E-state index in [1.54, 1.807) is 0 Å². The van der Waals surface area contributed by atoms with Crippen molar-refractivity contribution in [2.45, 2.75) is 53.4 Å². The summed E-state index contributed by atoms with van der Waals surface area (Å²) in [6.45, 7) is 13.1. The average Bonchev–Trinajstić information content (AvgIpc) is 2.96. The Bertz CT molecular complexity index is 527. The van der Waals surface area contributed by atoms with Gasteiger partial charge in [0.2, 0.25) is 11.0 Å². The van der Waals surface area contributed by atoms with Crippen LogP contribution in [-0.4, -0.2) is 46.8 Å². The van der Waals surface area contributed by atoms with Gasteiger partial charge in [0.25, 0.3) is 0 Å². The molecule has 1 aromatic rings. The molecule has 0 atom stereocenters. The van der Waals surface area contributed by atoms with Crippen LogP contribution in [0.4, 0.5) is 5.13 Å². The van der Waals surface area contributed by atoms with Crippen LogP contribution in [0.3, 0.4) is 0 Å². The minimum Gasteiger partial charge on any atom is -0.347 e. The molecule has 6 heteroatoms. The largest absolute Gasteiger partial charge is 0.347 e. The van der Waals surface area contributed by atoms with Crippen LogP contribution in [0.1, 0.15) is 59.2 Å². The highest BCUT2D eigenvalue weighted by Crippen LogP contribution is 2.27. The van der Waals surface area contributed by atoms with Crippen LogP contribution in [0.25, 0.3) is 0 Å². The molecule has 0 bridgehead atoms. The van der Waals surface area contributed by atoms with E-state index in [1.807, 2.05) is 32.7 Å². The van der Waals surface area contributed by atoms with Gasteiger partial charge in [0.05, 0.1) is 0 Å². The Morgan fingerprint density at radius 3 is 2.43 bits per heavy atom.